The summed E-state index contributed by atoms with van der Waals surface area (Å²) in [5, 5.41) is 0. The lowest BCUT2D eigenvalue weighted by atomic mass is 9.96. The van der Waals surface area contributed by atoms with E-state index in [0.717, 1.165) is 18.8 Å². The predicted molar refractivity (Wildman–Crippen MR) is 147 cm³/mol. The van der Waals surface area contributed by atoms with E-state index < -0.39 is 0 Å². The van der Waals surface area contributed by atoms with Gasteiger partial charge in [-0.15, -0.1) is 0 Å². The zero-order valence-electron chi connectivity index (χ0n) is 23.3. The third-order valence-corrected chi connectivity index (χ3v) is 7.14. The third-order valence-electron chi connectivity index (χ3n) is 7.14. The average Bonchev–Trinajstić information content (AvgIpc) is 2.81. The highest BCUT2D eigenvalue weighted by Crippen LogP contribution is 2.18. The third kappa shape index (κ3) is 27.6. The Morgan fingerprint density at radius 1 is 0.515 bits per heavy atom. The number of carbonyl (C=O) groups excluding carboxylic acids is 1. The van der Waals surface area contributed by atoms with Gasteiger partial charge in [0, 0.05) is 6.42 Å². The van der Waals surface area contributed by atoms with E-state index in [0.29, 0.717) is 13.0 Å². The fraction of sp³-hybridized carbons (Fsp3) is 0.968. The zero-order valence-corrected chi connectivity index (χ0v) is 23.3. The van der Waals surface area contributed by atoms with E-state index >= 15 is 0 Å². The van der Waals surface area contributed by atoms with Crippen LogP contribution in [0.5, 0.6) is 0 Å². The molecule has 198 valence electrons. The molecule has 0 aliphatic rings. The van der Waals surface area contributed by atoms with Gasteiger partial charge in [-0.1, -0.05) is 162 Å². The Balaban J connectivity index is 3.22. The molecule has 0 saturated heterocycles. The highest BCUT2D eigenvalue weighted by atomic mass is 16.5. The molecule has 0 spiro atoms. The summed E-state index contributed by atoms with van der Waals surface area (Å²) in [7, 11) is 0. The largest absolute Gasteiger partial charge is 0.466 e. The molecular weight excluding hydrogens is 404 g/mol. The van der Waals surface area contributed by atoms with Crippen LogP contribution in [0, 0.1) is 5.92 Å². The molecule has 33 heavy (non-hydrogen) atoms. The van der Waals surface area contributed by atoms with Crippen LogP contribution in [0.25, 0.3) is 0 Å². The molecule has 1 atom stereocenters. The molecule has 0 bridgehead atoms. The van der Waals surface area contributed by atoms with Crippen LogP contribution >= 0.6 is 0 Å². The van der Waals surface area contributed by atoms with Crippen molar-refractivity contribution in [1.82, 2.24) is 0 Å². The van der Waals surface area contributed by atoms with Crippen LogP contribution in [-0.2, 0) is 9.53 Å². The number of ether oxygens (including phenoxy) is 1. The summed E-state index contributed by atoms with van der Waals surface area (Å²) < 4.78 is 5.41. The van der Waals surface area contributed by atoms with Gasteiger partial charge in [-0.05, 0) is 18.8 Å². The van der Waals surface area contributed by atoms with Gasteiger partial charge in [0.2, 0.25) is 0 Å². The molecule has 0 heterocycles. The highest BCUT2D eigenvalue weighted by molar-refractivity contribution is 5.69. The predicted octanol–water partition coefficient (Wildman–Crippen LogP) is 11.0. The average molecular weight is 467 g/mol. The van der Waals surface area contributed by atoms with Crippen LogP contribution in [0.2, 0.25) is 0 Å². The maximum atomic E-state index is 11.9. The van der Waals surface area contributed by atoms with Gasteiger partial charge in [0.1, 0.15) is 0 Å². The normalized spacial score (nSPS) is 12.2. The number of hydrogen-bond acceptors (Lipinski definition) is 2. The molecule has 0 rings (SSSR count). The summed E-state index contributed by atoms with van der Waals surface area (Å²) in [5.41, 5.74) is 0. The molecule has 2 heteroatoms. The summed E-state index contributed by atoms with van der Waals surface area (Å²) in [6.45, 7) is 7.62. The molecule has 0 aromatic carbocycles. The minimum absolute atomic E-state index is 0.0231. The van der Waals surface area contributed by atoms with Gasteiger partial charge in [0.25, 0.3) is 0 Å². The van der Waals surface area contributed by atoms with Crippen molar-refractivity contribution in [2.24, 2.45) is 5.92 Å². The molecule has 0 aromatic heterocycles. The topological polar surface area (TPSA) is 26.3 Å². The van der Waals surface area contributed by atoms with Gasteiger partial charge >= 0.3 is 5.97 Å². The first-order chi connectivity index (χ1) is 16.2. The molecule has 0 aromatic rings. The van der Waals surface area contributed by atoms with Gasteiger partial charge in [-0.2, -0.15) is 0 Å². The number of rotatable bonds is 27. The maximum Gasteiger partial charge on any atom is 0.305 e. The van der Waals surface area contributed by atoms with Gasteiger partial charge in [-0.3, -0.25) is 4.79 Å². The Labute approximate surface area is 209 Å². The standard InChI is InChI=1S/C31H62O2/c1-4-6-8-10-11-12-13-14-15-18-21-25-29-33-31(32)28-24-20-17-16-19-23-27-30(3)26-22-9-7-5-2/h30H,4-29H2,1-3H3. The van der Waals surface area contributed by atoms with E-state index in [1.807, 2.05) is 0 Å². The first-order valence-corrected chi connectivity index (χ1v) is 15.4. The van der Waals surface area contributed by atoms with Crippen molar-refractivity contribution in [3.05, 3.63) is 0 Å². The molecule has 0 N–H and O–H groups in total. The monoisotopic (exact) mass is 466 g/mol. The van der Waals surface area contributed by atoms with E-state index in [1.54, 1.807) is 0 Å². The van der Waals surface area contributed by atoms with E-state index in [9.17, 15) is 4.79 Å². The van der Waals surface area contributed by atoms with E-state index in [-0.39, 0.29) is 5.97 Å². The molecule has 0 aliphatic heterocycles. The van der Waals surface area contributed by atoms with Crippen LogP contribution in [-0.4, -0.2) is 12.6 Å². The Bertz CT molecular complexity index is 379. The molecule has 1 unspecified atom stereocenters. The summed E-state index contributed by atoms with van der Waals surface area (Å²) >= 11 is 0. The summed E-state index contributed by atoms with van der Waals surface area (Å²) in [4.78, 5) is 11.9. The van der Waals surface area contributed by atoms with Crippen molar-refractivity contribution >= 4 is 5.97 Å². The van der Waals surface area contributed by atoms with Crippen LogP contribution in [0.3, 0.4) is 0 Å². The quantitative estimate of drug-likeness (QED) is 0.0888. The Morgan fingerprint density at radius 2 is 0.879 bits per heavy atom. The minimum Gasteiger partial charge on any atom is -0.466 e. The van der Waals surface area contributed by atoms with Gasteiger partial charge in [0.15, 0.2) is 0 Å². The Kier molecular flexibility index (Phi) is 27.3. The van der Waals surface area contributed by atoms with Crippen LogP contribution in [0.4, 0.5) is 0 Å². The Morgan fingerprint density at radius 3 is 1.36 bits per heavy atom. The number of unbranched alkanes of at least 4 members (excludes halogenated alkanes) is 19. The number of carbonyl (C=O) groups is 1. The van der Waals surface area contributed by atoms with Crippen molar-refractivity contribution in [2.75, 3.05) is 6.61 Å². The molecule has 0 amide bonds. The summed E-state index contributed by atoms with van der Waals surface area (Å²) in [6.07, 6.45) is 32.7. The smallest absolute Gasteiger partial charge is 0.305 e. The van der Waals surface area contributed by atoms with Crippen molar-refractivity contribution < 1.29 is 9.53 Å². The van der Waals surface area contributed by atoms with Gasteiger partial charge < -0.3 is 4.74 Å². The number of esters is 1. The lowest BCUT2D eigenvalue weighted by Crippen LogP contribution is -2.05. The Hall–Kier alpha value is -0.530. The van der Waals surface area contributed by atoms with Crippen LogP contribution < -0.4 is 0 Å². The second-order valence-corrected chi connectivity index (χ2v) is 10.7. The minimum atomic E-state index is 0.0231. The molecule has 2 nitrogen and oxygen atoms in total. The fourth-order valence-electron chi connectivity index (χ4n) is 4.73. The van der Waals surface area contributed by atoms with Crippen LogP contribution in [0.1, 0.15) is 181 Å². The molecule has 0 saturated carbocycles. The summed E-state index contributed by atoms with van der Waals surface area (Å²) in [6, 6.07) is 0. The van der Waals surface area contributed by atoms with Crippen molar-refractivity contribution in [3.8, 4) is 0 Å². The van der Waals surface area contributed by atoms with E-state index in [2.05, 4.69) is 20.8 Å². The van der Waals surface area contributed by atoms with Gasteiger partial charge in [0.05, 0.1) is 6.61 Å². The van der Waals surface area contributed by atoms with Crippen molar-refractivity contribution in [1.29, 1.82) is 0 Å². The molecular formula is C31H62O2. The highest BCUT2D eigenvalue weighted by Gasteiger charge is 2.04. The van der Waals surface area contributed by atoms with E-state index in [4.69, 9.17) is 4.74 Å². The van der Waals surface area contributed by atoms with Crippen LogP contribution in [0.15, 0.2) is 0 Å². The molecule has 0 fully saturated rings. The first-order valence-electron chi connectivity index (χ1n) is 15.4. The first kappa shape index (κ1) is 32.5. The zero-order chi connectivity index (χ0) is 24.2. The van der Waals surface area contributed by atoms with Crippen molar-refractivity contribution in [3.63, 3.8) is 0 Å². The molecule has 0 radical (unpaired) electrons. The molecule has 0 aliphatic carbocycles. The lowest BCUT2D eigenvalue weighted by Gasteiger charge is -2.10. The second-order valence-electron chi connectivity index (χ2n) is 10.7. The SMILES string of the molecule is CCCCCCCCCCCCCCOC(=O)CCCCCCCCC(C)CCCCCC. The van der Waals surface area contributed by atoms with Gasteiger partial charge in [-0.25, -0.2) is 0 Å². The number of hydrogen-bond donors (Lipinski definition) is 0. The lowest BCUT2D eigenvalue weighted by molar-refractivity contribution is -0.143. The second kappa shape index (κ2) is 27.7. The fourth-order valence-corrected chi connectivity index (χ4v) is 4.73. The maximum absolute atomic E-state index is 11.9. The van der Waals surface area contributed by atoms with Crippen molar-refractivity contribution in [2.45, 2.75) is 181 Å². The summed E-state index contributed by atoms with van der Waals surface area (Å²) in [5.74, 6) is 0.928. The van der Waals surface area contributed by atoms with E-state index in [1.165, 1.54) is 141 Å².